The van der Waals surface area contributed by atoms with Gasteiger partial charge in [-0.1, -0.05) is 0 Å². The number of nitrogens with one attached hydrogen (secondary N) is 1. The average Bonchev–Trinajstić information content (AvgIpc) is 3.23. The monoisotopic (exact) mass is 266 g/mol. The molecule has 0 saturated heterocycles. The number of hydrogen-bond donors (Lipinski definition) is 1. The van der Waals surface area contributed by atoms with E-state index in [9.17, 15) is 4.79 Å². The van der Waals surface area contributed by atoms with Crippen molar-refractivity contribution in [2.45, 2.75) is 18.9 Å². The molecule has 0 atom stereocenters. The van der Waals surface area contributed by atoms with Crippen LogP contribution in [0.25, 0.3) is 0 Å². The summed E-state index contributed by atoms with van der Waals surface area (Å²) in [5.41, 5.74) is -0.00968. The molecule has 1 N–H and O–H groups in total. The van der Waals surface area contributed by atoms with E-state index < -0.39 is 0 Å². The van der Waals surface area contributed by atoms with Crippen molar-refractivity contribution in [3.05, 3.63) is 22.7 Å². The summed E-state index contributed by atoms with van der Waals surface area (Å²) in [6.07, 6.45) is 5.67. The van der Waals surface area contributed by atoms with Crippen LogP contribution in [0.2, 0.25) is 0 Å². The summed E-state index contributed by atoms with van der Waals surface area (Å²) in [6.45, 7) is 3.15. The van der Waals surface area contributed by atoms with Crippen LogP contribution in [0.1, 0.15) is 18.9 Å². The van der Waals surface area contributed by atoms with Crippen LogP contribution in [0.15, 0.2) is 17.2 Å². The van der Waals surface area contributed by atoms with Gasteiger partial charge in [0.2, 0.25) is 0 Å². The zero-order chi connectivity index (χ0) is 13.7. The molecular weight excluding hydrogens is 244 g/mol. The fourth-order valence-electron chi connectivity index (χ4n) is 1.91. The second-order valence-electron chi connectivity index (χ2n) is 4.94. The Morgan fingerprint density at radius 2 is 2.32 bits per heavy atom. The first-order chi connectivity index (χ1) is 9.22. The molecule has 6 nitrogen and oxygen atoms in total. The van der Waals surface area contributed by atoms with Crippen molar-refractivity contribution in [3.8, 4) is 0 Å². The van der Waals surface area contributed by atoms with Gasteiger partial charge in [0, 0.05) is 45.2 Å². The third-order valence-corrected chi connectivity index (χ3v) is 3.27. The highest BCUT2D eigenvalue weighted by atomic mass is 16.5. The summed E-state index contributed by atoms with van der Waals surface area (Å²) in [6, 6.07) is 0.389. The molecule has 0 unspecified atom stereocenters. The molecule has 19 heavy (non-hydrogen) atoms. The average molecular weight is 266 g/mol. The molecule has 2 rings (SSSR count). The predicted molar refractivity (Wildman–Crippen MR) is 74.6 cm³/mol. The minimum atomic E-state index is -0.00968. The van der Waals surface area contributed by atoms with Gasteiger partial charge in [0.15, 0.2) is 5.82 Å². The number of aromatic nitrogens is 2. The quantitative estimate of drug-likeness (QED) is 0.745. The van der Waals surface area contributed by atoms with Crippen molar-refractivity contribution in [1.29, 1.82) is 0 Å². The molecule has 6 heteroatoms. The zero-order valence-corrected chi connectivity index (χ0v) is 11.6. The number of likely N-dealkylation sites (N-methyl/N-ethyl adjacent to an activating group) is 1. The highest BCUT2D eigenvalue weighted by Crippen LogP contribution is 2.33. The normalized spacial score (nSPS) is 14.9. The SMILES string of the molecule is COCCN(C)CCNc1nccn(C2CC2)c1=O. The van der Waals surface area contributed by atoms with Gasteiger partial charge in [0.05, 0.1) is 6.61 Å². The lowest BCUT2D eigenvalue weighted by Gasteiger charge is -2.16. The molecule has 106 valence electrons. The molecule has 0 spiro atoms. The molecule has 0 radical (unpaired) electrons. The van der Waals surface area contributed by atoms with Gasteiger partial charge in [-0.2, -0.15) is 0 Å². The Kier molecular flexibility index (Phi) is 4.93. The summed E-state index contributed by atoms with van der Waals surface area (Å²) in [7, 11) is 3.72. The van der Waals surface area contributed by atoms with Crippen LogP contribution in [0, 0.1) is 0 Å². The highest BCUT2D eigenvalue weighted by molar-refractivity contribution is 5.31. The summed E-state index contributed by atoms with van der Waals surface area (Å²) < 4.78 is 6.80. The topological polar surface area (TPSA) is 59.4 Å². The number of anilines is 1. The lowest BCUT2D eigenvalue weighted by atomic mass is 10.5. The first-order valence-electron chi connectivity index (χ1n) is 6.71. The van der Waals surface area contributed by atoms with Crippen molar-refractivity contribution in [2.75, 3.05) is 45.7 Å². The third kappa shape index (κ3) is 4.04. The molecule has 1 aliphatic carbocycles. The van der Waals surface area contributed by atoms with E-state index in [0.29, 0.717) is 25.0 Å². The standard InChI is InChI=1S/C13H22N4O2/c1-16(9-10-19-2)7-5-14-12-13(18)17(8-6-15-12)11-3-4-11/h6,8,11H,3-5,7,9-10H2,1-2H3,(H,14,15). The lowest BCUT2D eigenvalue weighted by Crippen LogP contribution is -2.30. The summed E-state index contributed by atoms with van der Waals surface area (Å²) in [4.78, 5) is 18.4. The largest absolute Gasteiger partial charge is 0.383 e. The first kappa shape index (κ1) is 14.0. The van der Waals surface area contributed by atoms with Crippen LogP contribution in [-0.2, 0) is 4.74 Å². The fraction of sp³-hybridized carbons (Fsp3) is 0.692. The van der Waals surface area contributed by atoms with E-state index in [4.69, 9.17) is 4.74 Å². The van der Waals surface area contributed by atoms with Crippen molar-refractivity contribution in [1.82, 2.24) is 14.5 Å². The zero-order valence-electron chi connectivity index (χ0n) is 11.6. The van der Waals surface area contributed by atoms with Gasteiger partial charge >= 0.3 is 0 Å². The minimum Gasteiger partial charge on any atom is -0.383 e. The summed E-state index contributed by atoms with van der Waals surface area (Å²) in [5, 5.41) is 3.12. The van der Waals surface area contributed by atoms with Crippen molar-refractivity contribution in [3.63, 3.8) is 0 Å². The maximum Gasteiger partial charge on any atom is 0.293 e. The fourth-order valence-corrected chi connectivity index (χ4v) is 1.91. The van der Waals surface area contributed by atoms with Crippen LogP contribution in [0.3, 0.4) is 0 Å². The molecule has 1 saturated carbocycles. The summed E-state index contributed by atoms with van der Waals surface area (Å²) in [5.74, 6) is 0.453. The van der Waals surface area contributed by atoms with Gasteiger partial charge in [-0.25, -0.2) is 4.98 Å². The smallest absolute Gasteiger partial charge is 0.293 e. The molecule has 1 aliphatic rings. The molecule has 1 aromatic rings. The Balaban J connectivity index is 1.83. The van der Waals surface area contributed by atoms with E-state index in [2.05, 4.69) is 15.2 Å². The van der Waals surface area contributed by atoms with Crippen LogP contribution in [0.5, 0.6) is 0 Å². The van der Waals surface area contributed by atoms with Gasteiger partial charge < -0.3 is 19.5 Å². The Morgan fingerprint density at radius 1 is 1.53 bits per heavy atom. The molecule has 0 aliphatic heterocycles. The lowest BCUT2D eigenvalue weighted by molar-refractivity contribution is 0.163. The van der Waals surface area contributed by atoms with Gasteiger partial charge in [-0.15, -0.1) is 0 Å². The first-order valence-corrected chi connectivity index (χ1v) is 6.71. The second-order valence-corrected chi connectivity index (χ2v) is 4.94. The van der Waals surface area contributed by atoms with Gasteiger partial charge in [-0.05, 0) is 19.9 Å². The van der Waals surface area contributed by atoms with Gasteiger partial charge in [0.25, 0.3) is 5.56 Å². The molecule has 1 heterocycles. The minimum absolute atomic E-state index is 0.00968. The van der Waals surface area contributed by atoms with Crippen LogP contribution in [-0.4, -0.2) is 54.8 Å². The number of hydrogen-bond acceptors (Lipinski definition) is 5. The van der Waals surface area contributed by atoms with Crippen molar-refractivity contribution in [2.24, 2.45) is 0 Å². The Morgan fingerprint density at radius 3 is 3.00 bits per heavy atom. The molecule has 1 fully saturated rings. The Bertz CT molecular complexity index is 456. The predicted octanol–water partition coefficient (Wildman–Crippen LogP) is 0.568. The molecule has 0 aromatic carbocycles. The van der Waals surface area contributed by atoms with Gasteiger partial charge in [0.1, 0.15) is 0 Å². The number of nitrogens with zero attached hydrogens (tertiary/aromatic N) is 3. The van der Waals surface area contributed by atoms with E-state index in [1.54, 1.807) is 24.1 Å². The summed E-state index contributed by atoms with van der Waals surface area (Å²) >= 11 is 0. The van der Waals surface area contributed by atoms with Crippen LogP contribution >= 0.6 is 0 Å². The van der Waals surface area contributed by atoms with Gasteiger partial charge in [-0.3, -0.25) is 4.79 Å². The molecular formula is C13H22N4O2. The Hall–Kier alpha value is -1.40. The third-order valence-electron chi connectivity index (χ3n) is 3.27. The number of ether oxygens (including phenoxy) is 1. The van der Waals surface area contributed by atoms with Crippen LogP contribution < -0.4 is 10.9 Å². The van der Waals surface area contributed by atoms with Crippen molar-refractivity contribution >= 4 is 5.82 Å². The van der Waals surface area contributed by atoms with Crippen molar-refractivity contribution < 1.29 is 4.74 Å². The number of rotatable bonds is 8. The second kappa shape index (κ2) is 6.68. The Labute approximate surface area is 113 Å². The molecule has 0 amide bonds. The molecule has 0 bridgehead atoms. The highest BCUT2D eigenvalue weighted by Gasteiger charge is 2.25. The van der Waals surface area contributed by atoms with E-state index >= 15 is 0 Å². The van der Waals surface area contributed by atoms with E-state index in [1.807, 2.05) is 7.05 Å². The maximum atomic E-state index is 12.1. The maximum absolute atomic E-state index is 12.1. The van der Waals surface area contributed by atoms with E-state index in [-0.39, 0.29) is 5.56 Å². The molecule has 1 aromatic heterocycles. The number of methoxy groups -OCH3 is 1. The van der Waals surface area contributed by atoms with E-state index in [0.717, 1.165) is 25.9 Å². The van der Waals surface area contributed by atoms with E-state index in [1.165, 1.54) is 0 Å². The van der Waals surface area contributed by atoms with Crippen LogP contribution in [0.4, 0.5) is 5.82 Å².